The first kappa shape index (κ1) is 48.2. The number of rotatable bonds is 7. The van der Waals surface area contributed by atoms with E-state index in [1.54, 1.807) is 4.13 Å². The molecule has 0 heterocycles. The Kier molecular flexibility index (Phi) is 21.9. The Hall–Kier alpha value is -1.50. The highest BCUT2D eigenvalue weighted by atomic mass is 32.3. The SMILES string of the molecule is CS(=O)(=O)[N-]S(=O)(=O)C(F)(F)F.CS(=O)(=O)[N-]S(=O)(=O)F.CS(=O)(=O)[N-]S(C)(=O)=O.C[N-]S(C)(=O)=O.[C-]#[N+][N-]C. The van der Waals surface area contributed by atoms with Crippen LogP contribution in [-0.2, 0) is 70.5 Å². The summed E-state index contributed by atoms with van der Waals surface area (Å²) in [5.41, 5.74) is -2.64. The fraction of sp³-hybridized carbons (Fsp3) is 0.889. The number of halogens is 4. The van der Waals surface area contributed by atoms with Gasteiger partial charge >= 0.3 is 5.51 Å². The van der Waals surface area contributed by atoms with Crippen LogP contribution < -0.4 is 0 Å². The lowest BCUT2D eigenvalue weighted by molar-refractivity contribution is -0.0425. The molecule has 20 nitrogen and oxygen atoms in total. The van der Waals surface area contributed by atoms with E-state index in [1.165, 1.54) is 14.1 Å². The minimum atomic E-state index is -5.92. The van der Waals surface area contributed by atoms with Crippen LogP contribution in [0, 0.1) is 6.57 Å². The summed E-state index contributed by atoms with van der Waals surface area (Å²) in [4.78, 5) is 2.61. The summed E-state index contributed by atoms with van der Waals surface area (Å²) in [6.45, 7) is 5.91. The zero-order valence-electron chi connectivity index (χ0n) is 20.8. The van der Waals surface area contributed by atoms with Crippen LogP contribution in [0.1, 0.15) is 0 Å². The van der Waals surface area contributed by atoms with Crippen molar-refractivity contribution in [3.05, 3.63) is 34.1 Å². The maximum Gasteiger partial charge on any atom is 0.480 e. The maximum atomic E-state index is 11.4. The topological polar surface area (TPSA) is 314 Å². The van der Waals surface area contributed by atoms with Crippen LogP contribution in [0.25, 0.3) is 27.5 Å². The Labute approximate surface area is 230 Å². The van der Waals surface area contributed by atoms with E-state index >= 15 is 0 Å². The Morgan fingerprint density at radius 2 is 0.775 bits per heavy atom. The molecule has 31 heteroatoms. The second-order valence-corrected chi connectivity index (χ2v) is 17.4. The third-order valence-corrected chi connectivity index (χ3v) is 8.53. The van der Waals surface area contributed by atoms with Crippen LogP contribution >= 0.6 is 0 Å². The highest BCUT2D eigenvalue weighted by Crippen LogP contribution is 2.29. The Morgan fingerprint density at radius 3 is 0.800 bits per heavy atom. The number of hydrogen-bond acceptors (Lipinski definition) is 14. The molecule has 0 atom stereocenters. The minimum Gasteiger partial charge on any atom is -0.552 e. The van der Waals surface area contributed by atoms with E-state index in [0.29, 0.717) is 18.8 Å². The first-order chi connectivity index (χ1) is 16.8. The van der Waals surface area contributed by atoms with Gasteiger partial charge in [-0.1, -0.05) is 7.05 Å². The maximum absolute atomic E-state index is 11.4. The van der Waals surface area contributed by atoms with Crippen LogP contribution in [0.3, 0.4) is 0 Å². The zero-order chi connectivity index (χ0) is 34.2. The van der Waals surface area contributed by atoms with Gasteiger partial charge in [-0.2, -0.15) is 20.2 Å². The lowest BCUT2D eigenvalue weighted by Crippen LogP contribution is -2.23. The normalized spacial score (nSPS) is 12.7. The van der Waals surface area contributed by atoms with E-state index in [4.69, 9.17) is 6.57 Å². The van der Waals surface area contributed by atoms with Crippen LogP contribution in [0.2, 0.25) is 0 Å². The van der Waals surface area contributed by atoms with E-state index in [1.807, 2.05) is 4.13 Å². The molecule has 0 aromatic heterocycles. The highest BCUT2D eigenvalue weighted by molar-refractivity contribution is 8.12. The van der Waals surface area contributed by atoms with Crippen molar-refractivity contribution in [2.24, 2.45) is 0 Å². The second-order valence-electron chi connectivity index (χ2n) is 5.70. The fourth-order valence-corrected chi connectivity index (χ4v) is 5.65. The molecule has 0 saturated heterocycles. The number of nitrogens with zero attached hydrogens (tertiary/aromatic N) is 6. The summed E-state index contributed by atoms with van der Waals surface area (Å²) in [6, 6.07) is 0. The van der Waals surface area contributed by atoms with E-state index in [9.17, 15) is 76.0 Å². The molecule has 0 amide bonds. The summed E-state index contributed by atoms with van der Waals surface area (Å²) in [5, 5.41) is 0. The van der Waals surface area contributed by atoms with Gasteiger partial charge < -0.3 is 27.5 Å². The molecular formula is C9H21F4N6O14S7-5. The molecule has 0 bridgehead atoms. The van der Waals surface area contributed by atoms with Crippen molar-refractivity contribution < 1.29 is 76.0 Å². The lowest BCUT2D eigenvalue weighted by atomic mass is 11.5. The van der Waals surface area contributed by atoms with Gasteiger partial charge in [0.25, 0.3) is 0 Å². The Balaban J connectivity index is -0.000000133. The first-order valence-corrected chi connectivity index (χ1v) is 19.9. The summed E-state index contributed by atoms with van der Waals surface area (Å²) < 4.78 is 193. The van der Waals surface area contributed by atoms with Crippen molar-refractivity contribution in [2.75, 3.05) is 45.4 Å². The summed E-state index contributed by atoms with van der Waals surface area (Å²) in [5.74, 6) is 0. The zero-order valence-corrected chi connectivity index (χ0v) is 26.5. The molecular weight excluding hydrogens is 717 g/mol. The highest BCUT2D eigenvalue weighted by Gasteiger charge is 2.39. The van der Waals surface area contributed by atoms with Crippen LogP contribution in [0.4, 0.5) is 17.1 Å². The molecule has 0 fully saturated rings. The predicted molar refractivity (Wildman–Crippen MR) is 134 cm³/mol. The monoisotopic (exact) mass is 737 g/mol. The molecule has 0 saturated carbocycles. The molecule has 246 valence electrons. The molecule has 0 radical (unpaired) electrons. The van der Waals surface area contributed by atoms with Gasteiger partial charge in [-0.25, -0.2) is 65.5 Å². The smallest absolute Gasteiger partial charge is 0.480 e. The van der Waals surface area contributed by atoms with Gasteiger partial charge in [0.1, 0.15) is 0 Å². The van der Waals surface area contributed by atoms with Gasteiger partial charge in [0.2, 0.25) is 10.4 Å². The fourth-order valence-electron chi connectivity index (χ4n) is 0.628. The molecule has 0 aromatic carbocycles. The molecule has 0 aliphatic carbocycles. The van der Waals surface area contributed by atoms with Crippen molar-refractivity contribution in [1.29, 1.82) is 0 Å². The molecule has 0 spiro atoms. The molecule has 0 unspecified atom stereocenters. The molecule has 0 N–H and O–H groups in total. The van der Waals surface area contributed by atoms with Gasteiger partial charge in [-0.15, -0.1) is 3.89 Å². The number of hydrogen-bond donors (Lipinski definition) is 0. The van der Waals surface area contributed by atoms with E-state index in [2.05, 4.69) is 19.2 Å². The average molecular weight is 738 g/mol. The predicted octanol–water partition coefficient (Wildman–Crippen LogP) is -0.244. The Morgan fingerprint density at radius 1 is 0.550 bits per heavy atom. The lowest BCUT2D eigenvalue weighted by Gasteiger charge is -2.19. The quantitative estimate of drug-likeness (QED) is 0.141. The van der Waals surface area contributed by atoms with Crippen LogP contribution in [0.5, 0.6) is 0 Å². The molecule has 40 heavy (non-hydrogen) atoms. The van der Waals surface area contributed by atoms with Crippen molar-refractivity contribution in [3.8, 4) is 0 Å². The van der Waals surface area contributed by atoms with Crippen LogP contribution in [-0.4, -0.2) is 110 Å². The number of alkyl halides is 3. The minimum absolute atomic E-state index is 0.246. The van der Waals surface area contributed by atoms with E-state index in [-0.39, 0.29) is 6.26 Å². The van der Waals surface area contributed by atoms with Gasteiger partial charge in [-0.05, 0) is 0 Å². The van der Waals surface area contributed by atoms with Crippen molar-refractivity contribution in [1.82, 2.24) is 0 Å². The van der Waals surface area contributed by atoms with Crippen molar-refractivity contribution >= 4 is 70.5 Å². The molecule has 0 aliphatic rings. The third kappa shape index (κ3) is 52.9. The van der Waals surface area contributed by atoms with Gasteiger partial charge in [0.05, 0.1) is 50.1 Å². The van der Waals surface area contributed by atoms with Gasteiger partial charge in [-0.3, -0.25) is 0 Å². The van der Waals surface area contributed by atoms with Gasteiger partial charge in [0.15, 0.2) is 10.0 Å². The largest absolute Gasteiger partial charge is 0.552 e. The third-order valence-electron chi connectivity index (χ3n) is 1.45. The van der Waals surface area contributed by atoms with Crippen molar-refractivity contribution in [3.63, 3.8) is 0 Å². The average Bonchev–Trinajstić information content (AvgIpc) is 2.53. The second kappa shape index (κ2) is 18.1. The Bertz CT molecular complexity index is 1460. The molecule has 0 aliphatic heterocycles. The summed E-state index contributed by atoms with van der Waals surface area (Å²) in [6.07, 6.45) is 3.20. The van der Waals surface area contributed by atoms with Gasteiger partial charge in [0, 0.05) is 31.3 Å². The van der Waals surface area contributed by atoms with Crippen molar-refractivity contribution in [2.45, 2.75) is 5.51 Å². The molecule has 0 rings (SSSR count). The standard InChI is InChI=1S/C2H3F3NO4S2.C2H3N2.C2H6NO4S2.C2H6NO2S.CH3FNO4S2/c1-11(7,8)6-12(9,10)2(3,4)5;1-3-4-2;1-8(4,5)3-9(2,6)7;1-3-6(2,4)5;1-8(4,5)3-9(2,6)7/h1H3;1H3;1-2H3;1-2H3;1H3/q5*-1. The summed E-state index contributed by atoms with van der Waals surface area (Å²) in [7, 11) is -27.7. The van der Waals surface area contributed by atoms with E-state index in [0.717, 1.165) is 6.26 Å². The molecule has 0 aromatic rings. The first-order valence-electron chi connectivity index (χ1n) is 7.90. The summed E-state index contributed by atoms with van der Waals surface area (Å²) >= 11 is 0. The number of sulfonamides is 6. The van der Waals surface area contributed by atoms with Crippen LogP contribution in [0.15, 0.2) is 0 Å². The van der Waals surface area contributed by atoms with E-state index < -0.39 is 76.1 Å².